The second-order valence-corrected chi connectivity index (χ2v) is 3.55. The molecular weight excluding hydrogens is 234 g/mol. The molecule has 0 bridgehead atoms. The van der Waals surface area contributed by atoms with E-state index < -0.39 is 5.91 Å². The van der Waals surface area contributed by atoms with E-state index in [4.69, 9.17) is 0 Å². The van der Waals surface area contributed by atoms with Gasteiger partial charge in [-0.2, -0.15) is 15.4 Å². The molecule has 0 radical (unpaired) electrons. The van der Waals surface area contributed by atoms with Crippen LogP contribution in [0.2, 0.25) is 0 Å². The number of nitrogens with one attached hydrogen (secondary N) is 2. The van der Waals surface area contributed by atoms with Gasteiger partial charge in [-0.3, -0.25) is 10.1 Å². The molecule has 0 aromatic carbocycles. The summed E-state index contributed by atoms with van der Waals surface area (Å²) in [4.78, 5) is 15.9. The van der Waals surface area contributed by atoms with Crippen LogP contribution in [0, 0.1) is 0 Å². The number of hydrogen-bond donors (Lipinski definition) is 2. The number of amides is 1. The van der Waals surface area contributed by atoms with Crippen LogP contribution in [0.3, 0.4) is 0 Å². The molecule has 0 aliphatic rings. The fraction of sp³-hybridized carbons (Fsp3) is 0.400. The zero-order chi connectivity index (χ0) is 13.0. The minimum Gasteiger partial charge on any atom is -0.288 e. The van der Waals surface area contributed by atoms with E-state index in [9.17, 15) is 4.79 Å². The molecule has 18 heavy (non-hydrogen) atoms. The lowest BCUT2D eigenvalue weighted by molar-refractivity contribution is 0.102. The monoisotopic (exact) mass is 247 g/mol. The smallest absolute Gasteiger partial charge is 0.280 e. The number of carbonyl (C=O) groups is 1. The number of aryl methyl sites for hydroxylation is 2. The van der Waals surface area contributed by atoms with E-state index >= 15 is 0 Å². The molecule has 0 saturated carbocycles. The molecule has 2 N–H and O–H groups in total. The summed E-state index contributed by atoms with van der Waals surface area (Å²) in [7, 11) is 0. The van der Waals surface area contributed by atoms with Gasteiger partial charge in [-0.05, 0) is 12.8 Å². The molecule has 0 unspecified atom stereocenters. The Hall–Kier alpha value is -2.38. The highest BCUT2D eigenvalue weighted by molar-refractivity contribution is 6.01. The molecule has 0 spiro atoms. The van der Waals surface area contributed by atoms with Crippen molar-refractivity contribution in [3.63, 3.8) is 0 Å². The Kier molecular flexibility index (Phi) is 3.56. The Labute approximate surface area is 103 Å². The van der Waals surface area contributed by atoms with Gasteiger partial charge in [0.2, 0.25) is 5.95 Å². The molecule has 0 saturated heterocycles. The lowest BCUT2D eigenvalue weighted by atomic mass is 10.2. The first kappa shape index (κ1) is 12.1. The van der Waals surface area contributed by atoms with Crippen LogP contribution >= 0.6 is 0 Å². The van der Waals surface area contributed by atoms with E-state index in [2.05, 4.69) is 35.9 Å². The van der Waals surface area contributed by atoms with Crippen molar-refractivity contribution < 1.29 is 4.79 Å². The molecule has 1 amide bonds. The van der Waals surface area contributed by atoms with Crippen LogP contribution in [0.1, 0.15) is 35.7 Å². The van der Waals surface area contributed by atoms with E-state index in [1.54, 1.807) is 0 Å². The van der Waals surface area contributed by atoms with Gasteiger partial charge in [0, 0.05) is 0 Å². The summed E-state index contributed by atoms with van der Waals surface area (Å²) in [5, 5.41) is 20.0. The molecule has 2 aromatic heterocycles. The second-order valence-electron chi connectivity index (χ2n) is 3.55. The molecule has 94 valence electrons. The van der Waals surface area contributed by atoms with Gasteiger partial charge < -0.3 is 0 Å². The molecule has 0 fully saturated rings. The van der Waals surface area contributed by atoms with E-state index in [1.165, 1.54) is 6.20 Å². The average molecular weight is 247 g/mol. The van der Waals surface area contributed by atoms with Gasteiger partial charge in [0.25, 0.3) is 5.91 Å². The third kappa shape index (κ3) is 2.47. The molecule has 0 atom stereocenters. The topological polar surface area (TPSA) is 109 Å². The lowest BCUT2D eigenvalue weighted by Gasteiger charge is -2.05. The number of rotatable bonds is 4. The summed E-state index contributed by atoms with van der Waals surface area (Å²) in [6.45, 7) is 3.96. The predicted octanol–water partition coefficient (Wildman–Crippen LogP) is 0.367. The van der Waals surface area contributed by atoms with E-state index in [-0.39, 0.29) is 11.6 Å². The normalized spacial score (nSPS) is 10.3. The summed E-state index contributed by atoms with van der Waals surface area (Å²) in [5.74, 6) is -0.242. The van der Waals surface area contributed by atoms with Crippen molar-refractivity contribution in [3.05, 3.63) is 23.3 Å². The predicted molar refractivity (Wildman–Crippen MR) is 62.9 cm³/mol. The van der Waals surface area contributed by atoms with Crippen molar-refractivity contribution in [3.8, 4) is 0 Å². The molecule has 2 heterocycles. The zero-order valence-electron chi connectivity index (χ0n) is 10.1. The van der Waals surface area contributed by atoms with Gasteiger partial charge in [0.1, 0.15) is 0 Å². The molecule has 2 aromatic rings. The molecule has 2 rings (SSSR count). The number of hydrogen-bond acceptors (Lipinski definition) is 6. The Bertz CT molecular complexity index is 537. The zero-order valence-corrected chi connectivity index (χ0v) is 10.1. The lowest BCUT2D eigenvalue weighted by Crippen LogP contribution is -2.16. The number of carbonyl (C=O) groups excluding carboxylic acids is 1. The Morgan fingerprint density at radius 1 is 1.28 bits per heavy atom. The number of aromatic nitrogens is 6. The number of aromatic amines is 1. The highest BCUT2D eigenvalue weighted by Crippen LogP contribution is 2.07. The summed E-state index contributed by atoms with van der Waals surface area (Å²) in [6, 6.07) is 0. The molecule has 0 aliphatic heterocycles. The summed E-state index contributed by atoms with van der Waals surface area (Å²) in [6.07, 6.45) is 2.83. The molecule has 0 aliphatic carbocycles. The summed E-state index contributed by atoms with van der Waals surface area (Å²) in [5.41, 5.74) is 1.86. The fourth-order valence-electron chi connectivity index (χ4n) is 1.47. The minimum atomic E-state index is -0.420. The van der Waals surface area contributed by atoms with Crippen molar-refractivity contribution >= 4 is 11.9 Å². The highest BCUT2D eigenvalue weighted by Gasteiger charge is 2.12. The third-order valence-electron chi connectivity index (χ3n) is 2.38. The first-order valence-electron chi connectivity index (χ1n) is 5.64. The van der Waals surface area contributed by atoms with Crippen molar-refractivity contribution in [2.24, 2.45) is 0 Å². The summed E-state index contributed by atoms with van der Waals surface area (Å²) < 4.78 is 0. The second kappa shape index (κ2) is 5.30. The SMILES string of the molecule is CCc1nnc(NC(=O)c2cn[nH]n2)nc1CC. The van der Waals surface area contributed by atoms with Gasteiger partial charge in [-0.25, -0.2) is 4.98 Å². The van der Waals surface area contributed by atoms with Crippen molar-refractivity contribution in [2.75, 3.05) is 5.32 Å². The van der Waals surface area contributed by atoms with Crippen LogP contribution in [-0.2, 0) is 12.8 Å². The maximum absolute atomic E-state index is 11.7. The van der Waals surface area contributed by atoms with Crippen LogP contribution in [0.5, 0.6) is 0 Å². The minimum absolute atomic E-state index is 0.177. The van der Waals surface area contributed by atoms with Crippen LogP contribution in [0.25, 0.3) is 0 Å². The summed E-state index contributed by atoms with van der Waals surface area (Å²) >= 11 is 0. The largest absolute Gasteiger partial charge is 0.288 e. The van der Waals surface area contributed by atoms with Crippen molar-refractivity contribution in [1.82, 2.24) is 30.6 Å². The van der Waals surface area contributed by atoms with Gasteiger partial charge in [-0.15, -0.1) is 10.2 Å². The first-order chi connectivity index (χ1) is 8.74. The van der Waals surface area contributed by atoms with Crippen molar-refractivity contribution in [1.29, 1.82) is 0 Å². The van der Waals surface area contributed by atoms with Gasteiger partial charge in [-0.1, -0.05) is 13.8 Å². The van der Waals surface area contributed by atoms with Gasteiger partial charge in [0.05, 0.1) is 17.6 Å². The molecule has 8 nitrogen and oxygen atoms in total. The van der Waals surface area contributed by atoms with E-state index in [0.717, 1.165) is 24.2 Å². The van der Waals surface area contributed by atoms with E-state index in [0.29, 0.717) is 0 Å². The standard InChI is InChI=1S/C10H13N7O/c1-3-6-7(4-2)14-16-10(12-6)13-9(18)8-5-11-17-15-8/h5H,3-4H2,1-2H3,(H,11,15,17)(H,12,13,16,18). The Morgan fingerprint density at radius 3 is 2.67 bits per heavy atom. The maximum Gasteiger partial charge on any atom is 0.280 e. The van der Waals surface area contributed by atoms with Crippen LogP contribution in [-0.4, -0.2) is 36.5 Å². The van der Waals surface area contributed by atoms with E-state index in [1.807, 2.05) is 13.8 Å². The van der Waals surface area contributed by atoms with Gasteiger partial charge in [0.15, 0.2) is 5.69 Å². The molecule has 8 heteroatoms. The third-order valence-corrected chi connectivity index (χ3v) is 2.38. The molecular formula is C10H13N7O. The van der Waals surface area contributed by atoms with Crippen LogP contribution in [0.4, 0.5) is 5.95 Å². The van der Waals surface area contributed by atoms with Gasteiger partial charge >= 0.3 is 0 Å². The maximum atomic E-state index is 11.7. The fourth-order valence-corrected chi connectivity index (χ4v) is 1.47. The van der Waals surface area contributed by atoms with Crippen LogP contribution < -0.4 is 5.32 Å². The Morgan fingerprint density at radius 2 is 2.06 bits per heavy atom. The first-order valence-corrected chi connectivity index (χ1v) is 5.64. The number of nitrogens with zero attached hydrogens (tertiary/aromatic N) is 5. The Balaban J connectivity index is 2.17. The van der Waals surface area contributed by atoms with Crippen LogP contribution in [0.15, 0.2) is 6.20 Å². The highest BCUT2D eigenvalue weighted by atomic mass is 16.2. The van der Waals surface area contributed by atoms with Crippen molar-refractivity contribution in [2.45, 2.75) is 26.7 Å². The quantitative estimate of drug-likeness (QED) is 0.807. The number of anilines is 1. The average Bonchev–Trinajstić information content (AvgIpc) is 2.92. The number of H-pyrrole nitrogens is 1.